The maximum atomic E-state index is 12.2. The summed E-state index contributed by atoms with van der Waals surface area (Å²) < 4.78 is 26.4. The number of urea groups is 1. The third-order valence-corrected chi connectivity index (χ3v) is 6.32. The highest BCUT2D eigenvalue weighted by molar-refractivity contribution is 7.90. The van der Waals surface area contributed by atoms with Gasteiger partial charge in [-0.3, -0.25) is 10.2 Å². The lowest BCUT2D eigenvalue weighted by Gasteiger charge is -2.25. The van der Waals surface area contributed by atoms with Crippen LogP contribution in [0.3, 0.4) is 0 Å². The van der Waals surface area contributed by atoms with Crippen molar-refractivity contribution in [2.75, 3.05) is 18.4 Å². The lowest BCUT2D eigenvalue weighted by molar-refractivity contribution is 0.219. The first-order chi connectivity index (χ1) is 12.4. The van der Waals surface area contributed by atoms with Crippen LogP contribution >= 0.6 is 11.3 Å². The molecule has 2 aromatic rings. The van der Waals surface area contributed by atoms with Gasteiger partial charge in [0.2, 0.25) is 0 Å². The molecule has 2 amide bonds. The third-order valence-electron chi connectivity index (χ3n) is 4.16. The fraction of sp³-hybridized carbons (Fsp3) is 0.412. The molecule has 140 valence electrons. The zero-order valence-corrected chi connectivity index (χ0v) is 16.2. The minimum absolute atomic E-state index is 0.0446. The number of piperidine rings is 1. The summed E-state index contributed by atoms with van der Waals surface area (Å²) in [5.41, 5.74) is 1.83. The highest BCUT2D eigenvalue weighted by Crippen LogP contribution is 2.19. The Morgan fingerprint density at radius 3 is 2.58 bits per heavy atom. The molecule has 0 atom stereocenters. The number of amides is 2. The number of likely N-dealkylation sites (tertiary alicyclic amines) is 1. The van der Waals surface area contributed by atoms with Gasteiger partial charge in [0.15, 0.2) is 5.13 Å². The lowest BCUT2D eigenvalue weighted by atomic mass is 10.1. The molecular formula is C17H22N4O3S2. The number of carbonyl (C=O) groups is 1. The molecule has 1 aliphatic rings. The van der Waals surface area contributed by atoms with E-state index in [-0.39, 0.29) is 4.90 Å². The maximum absolute atomic E-state index is 12.2. The van der Waals surface area contributed by atoms with Gasteiger partial charge < -0.3 is 0 Å². The molecule has 1 fully saturated rings. The first-order valence-electron chi connectivity index (χ1n) is 8.50. The Kier molecular flexibility index (Phi) is 5.90. The number of aryl methyl sites for hydroxylation is 1. The molecule has 2 N–H and O–H groups in total. The molecule has 9 heteroatoms. The first-order valence-corrected chi connectivity index (χ1v) is 10.9. The van der Waals surface area contributed by atoms with Crippen molar-refractivity contribution < 1.29 is 13.2 Å². The predicted molar refractivity (Wildman–Crippen MR) is 102 cm³/mol. The van der Waals surface area contributed by atoms with Crippen molar-refractivity contribution >= 4 is 32.5 Å². The van der Waals surface area contributed by atoms with E-state index in [4.69, 9.17) is 0 Å². The quantitative estimate of drug-likeness (QED) is 0.814. The number of anilines is 1. The van der Waals surface area contributed by atoms with Crippen LogP contribution in [0, 0.1) is 6.92 Å². The SMILES string of the molecule is Cc1ccc(S(=O)(=O)NC(=O)Nc2nc(CN3CCCCC3)cs2)cc1. The number of nitrogens with zero attached hydrogens (tertiary/aromatic N) is 2. The summed E-state index contributed by atoms with van der Waals surface area (Å²) in [5.74, 6) is 0. The van der Waals surface area contributed by atoms with E-state index in [1.807, 2.05) is 17.0 Å². The van der Waals surface area contributed by atoms with E-state index in [2.05, 4.69) is 15.2 Å². The van der Waals surface area contributed by atoms with Gasteiger partial charge in [-0.15, -0.1) is 11.3 Å². The zero-order chi connectivity index (χ0) is 18.6. The van der Waals surface area contributed by atoms with Crippen molar-refractivity contribution in [3.05, 3.63) is 40.9 Å². The summed E-state index contributed by atoms with van der Waals surface area (Å²) in [4.78, 5) is 18.8. The van der Waals surface area contributed by atoms with Crippen molar-refractivity contribution in [3.8, 4) is 0 Å². The van der Waals surface area contributed by atoms with E-state index in [0.717, 1.165) is 30.9 Å². The van der Waals surface area contributed by atoms with Crippen LogP contribution in [0.2, 0.25) is 0 Å². The topological polar surface area (TPSA) is 91.4 Å². The zero-order valence-electron chi connectivity index (χ0n) is 14.6. The Labute approximate surface area is 157 Å². The van der Waals surface area contributed by atoms with Gasteiger partial charge in [0.25, 0.3) is 10.0 Å². The molecule has 1 aromatic heterocycles. The number of hydrogen-bond acceptors (Lipinski definition) is 6. The Balaban J connectivity index is 1.57. The van der Waals surface area contributed by atoms with Gasteiger partial charge in [0.05, 0.1) is 10.6 Å². The van der Waals surface area contributed by atoms with E-state index in [9.17, 15) is 13.2 Å². The second-order valence-corrected chi connectivity index (χ2v) is 8.89. The van der Waals surface area contributed by atoms with Crippen LogP contribution in [0.25, 0.3) is 0 Å². The van der Waals surface area contributed by atoms with Crippen LogP contribution in [0.4, 0.5) is 9.93 Å². The van der Waals surface area contributed by atoms with Crippen LogP contribution in [-0.4, -0.2) is 37.4 Å². The maximum Gasteiger partial charge on any atom is 0.334 e. The molecular weight excluding hydrogens is 372 g/mol. The van der Waals surface area contributed by atoms with E-state index < -0.39 is 16.1 Å². The molecule has 0 aliphatic carbocycles. The fourth-order valence-corrected chi connectivity index (χ4v) is 4.41. The minimum atomic E-state index is -3.91. The largest absolute Gasteiger partial charge is 0.334 e. The molecule has 1 aliphatic heterocycles. The number of hydrogen-bond donors (Lipinski definition) is 2. The highest BCUT2D eigenvalue weighted by Gasteiger charge is 2.18. The summed E-state index contributed by atoms with van der Waals surface area (Å²) in [7, 11) is -3.91. The summed E-state index contributed by atoms with van der Waals surface area (Å²) >= 11 is 1.29. The highest BCUT2D eigenvalue weighted by atomic mass is 32.2. The number of rotatable bonds is 5. The standard InChI is InChI=1S/C17H22N4O3S2/c1-13-5-7-15(8-6-13)26(23,24)20-16(22)19-17-18-14(12-25-17)11-21-9-3-2-4-10-21/h5-8,12H,2-4,9-11H2,1H3,(H2,18,19,20,22). The Morgan fingerprint density at radius 2 is 1.88 bits per heavy atom. The van der Waals surface area contributed by atoms with Crippen LogP contribution in [-0.2, 0) is 16.6 Å². The van der Waals surface area contributed by atoms with Crippen LogP contribution in [0.5, 0.6) is 0 Å². The summed E-state index contributed by atoms with van der Waals surface area (Å²) in [6, 6.07) is 5.47. The van der Waals surface area contributed by atoms with E-state index in [1.165, 1.54) is 42.7 Å². The minimum Gasteiger partial charge on any atom is -0.297 e. The van der Waals surface area contributed by atoms with Crippen LogP contribution in [0.1, 0.15) is 30.5 Å². The van der Waals surface area contributed by atoms with Crippen molar-refractivity contribution in [2.45, 2.75) is 37.6 Å². The lowest BCUT2D eigenvalue weighted by Crippen LogP contribution is -2.34. The molecule has 3 rings (SSSR count). The van der Waals surface area contributed by atoms with Gasteiger partial charge in [-0.25, -0.2) is 22.9 Å². The van der Waals surface area contributed by atoms with Gasteiger partial charge in [-0.2, -0.15) is 0 Å². The van der Waals surface area contributed by atoms with Gasteiger partial charge >= 0.3 is 6.03 Å². The molecule has 2 heterocycles. The van der Waals surface area contributed by atoms with Crippen molar-refractivity contribution in [1.82, 2.24) is 14.6 Å². The molecule has 0 unspecified atom stereocenters. The second-order valence-electron chi connectivity index (χ2n) is 6.35. The Bertz CT molecular complexity index is 856. The van der Waals surface area contributed by atoms with Gasteiger partial charge in [0, 0.05) is 11.9 Å². The number of carbonyl (C=O) groups excluding carboxylic acids is 1. The van der Waals surface area contributed by atoms with Gasteiger partial charge in [-0.1, -0.05) is 24.1 Å². The Morgan fingerprint density at radius 1 is 1.19 bits per heavy atom. The molecule has 0 spiro atoms. The summed E-state index contributed by atoms with van der Waals surface area (Å²) in [6.07, 6.45) is 3.68. The Hall–Kier alpha value is -1.97. The van der Waals surface area contributed by atoms with E-state index in [1.54, 1.807) is 12.1 Å². The van der Waals surface area contributed by atoms with Gasteiger partial charge in [0.1, 0.15) is 0 Å². The third kappa shape index (κ3) is 5.03. The van der Waals surface area contributed by atoms with Gasteiger partial charge in [-0.05, 0) is 45.0 Å². The monoisotopic (exact) mass is 394 g/mol. The van der Waals surface area contributed by atoms with Crippen LogP contribution in [0.15, 0.2) is 34.5 Å². The molecule has 26 heavy (non-hydrogen) atoms. The van der Waals surface area contributed by atoms with Crippen LogP contribution < -0.4 is 10.0 Å². The van der Waals surface area contributed by atoms with Crippen molar-refractivity contribution in [2.24, 2.45) is 0 Å². The number of thiazole rings is 1. The molecule has 7 nitrogen and oxygen atoms in total. The summed E-state index contributed by atoms with van der Waals surface area (Å²) in [6.45, 7) is 4.74. The average molecular weight is 395 g/mol. The smallest absolute Gasteiger partial charge is 0.297 e. The van der Waals surface area contributed by atoms with E-state index in [0.29, 0.717) is 5.13 Å². The average Bonchev–Trinajstić information content (AvgIpc) is 3.02. The number of aromatic nitrogens is 1. The number of nitrogens with one attached hydrogen (secondary N) is 2. The fourth-order valence-electron chi connectivity index (χ4n) is 2.80. The molecule has 1 aromatic carbocycles. The number of benzene rings is 1. The summed E-state index contributed by atoms with van der Waals surface area (Å²) in [5, 5.41) is 4.77. The second kappa shape index (κ2) is 8.15. The van der Waals surface area contributed by atoms with Crippen molar-refractivity contribution in [1.29, 1.82) is 0 Å². The number of sulfonamides is 1. The molecule has 1 saturated heterocycles. The first kappa shape index (κ1) is 18.8. The molecule has 0 radical (unpaired) electrons. The normalized spacial score (nSPS) is 15.6. The molecule has 0 saturated carbocycles. The van der Waals surface area contributed by atoms with E-state index >= 15 is 0 Å². The van der Waals surface area contributed by atoms with Crippen molar-refractivity contribution in [3.63, 3.8) is 0 Å². The molecule has 0 bridgehead atoms. The predicted octanol–water partition coefficient (Wildman–Crippen LogP) is 2.95.